The van der Waals surface area contributed by atoms with E-state index in [0.29, 0.717) is 0 Å². The lowest BCUT2D eigenvalue weighted by Gasteiger charge is -2.19. The van der Waals surface area contributed by atoms with E-state index < -0.39 is 0 Å². The molecule has 0 radical (unpaired) electrons. The second-order valence-electron chi connectivity index (χ2n) is 5.32. The van der Waals surface area contributed by atoms with Crippen LogP contribution in [0.2, 0.25) is 0 Å². The van der Waals surface area contributed by atoms with E-state index in [9.17, 15) is 0 Å². The minimum atomic E-state index is -0.101. The van der Waals surface area contributed by atoms with Crippen molar-refractivity contribution in [1.82, 2.24) is 0 Å². The predicted octanol–water partition coefficient (Wildman–Crippen LogP) is 3.73. The predicted molar refractivity (Wildman–Crippen MR) is 85.8 cm³/mol. The number of rotatable bonds is 2. The lowest BCUT2D eigenvalue weighted by molar-refractivity contribution is 0.476. The SMILES string of the molecule is Cc1ccc(C2=CC(c3ccc(C)cc3)N=C(N)O2)cc1. The highest BCUT2D eigenvalue weighted by atomic mass is 16.5. The summed E-state index contributed by atoms with van der Waals surface area (Å²) in [7, 11) is 0. The van der Waals surface area contributed by atoms with E-state index in [1.54, 1.807) is 0 Å². The summed E-state index contributed by atoms with van der Waals surface area (Å²) in [5.41, 5.74) is 10.4. The third-order valence-corrected chi connectivity index (χ3v) is 3.55. The largest absolute Gasteiger partial charge is 0.426 e. The lowest BCUT2D eigenvalue weighted by atomic mass is 10.0. The molecule has 106 valence electrons. The molecule has 0 amide bonds. The lowest BCUT2D eigenvalue weighted by Crippen LogP contribution is -2.20. The Morgan fingerprint density at radius 3 is 2.10 bits per heavy atom. The normalized spacial score (nSPS) is 17.7. The van der Waals surface area contributed by atoms with Gasteiger partial charge in [-0.2, -0.15) is 0 Å². The maximum atomic E-state index is 5.84. The first kappa shape index (κ1) is 13.4. The van der Waals surface area contributed by atoms with E-state index in [0.717, 1.165) is 16.9 Å². The number of hydrogen-bond donors (Lipinski definition) is 1. The second-order valence-corrected chi connectivity index (χ2v) is 5.32. The molecule has 1 aliphatic heterocycles. The fourth-order valence-electron chi connectivity index (χ4n) is 2.30. The average molecular weight is 278 g/mol. The highest BCUT2D eigenvalue weighted by Gasteiger charge is 2.18. The number of ether oxygens (including phenoxy) is 1. The van der Waals surface area contributed by atoms with Crippen molar-refractivity contribution in [2.24, 2.45) is 10.7 Å². The number of nitrogens with two attached hydrogens (primary N) is 1. The zero-order chi connectivity index (χ0) is 14.8. The Balaban J connectivity index is 1.95. The summed E-state index contributed by atoms with van der Waals surface area (Å²) >= 11 is 0. The van der Waals surface area contributed by atoms with Crippen LogP contribution in [0.5, 0.6) is 0 Å². The topological polar surface area (TPSA) is 47.6 Å². The smallest absolute Gasteiger partial charge is 0.288 e. The van der Waals surface area contributed by atoms with Gasteiger partial charge in [0.15, 0.2) is 0 Å². The molecule has 1 heterocycles. The van der Waals surface area contributed by atoms with Gasteiger partial charge in [0.25, 0.3) is 6.02 Å². The standard InChI is InChI=1S/C18H18N2O/c1-12-3-7-14(8-4-12)16-11-17(21-18(19)20-16)15-9-5-13(2)6-10-15/h3-11,16H,1-2H3,(H2,19,20). The van der Waals surface area contributed by atoms with Gasteiger partial charge < -0.3 is 10.5 Å². The Morgan fingerprint density at radius 2 is 1.48 bits per heavy atom. The monoisotopic (exact) mass is 278 g/mol. The molecule has 3 rings (SSSR count). The van der Waals surface area contributed by atoms with E-state index in [4.69, 9.17) is 10.5 Å². The van der Waals surface area contributed by atoms with Gasteiger partial charge in [-0.15, -0.1) is 0 Å². The summed E-state index contributed by atoms with van der Waals surface area (Å²) in [5, 5.41) is 0. The minimum absolute atomic E-state index is 0.101. The van der Waals surface area contributed by atoms with Crippen molar-refractivity contribution in [3.63, 3.8) is 0 Å². The Kier molecular flexibility index (Phi) is 3.48. The zero-order valence-corrected chi connectivity index (χ0v) is 12.2. The van der Waals surface area contributed by atoms with E-state index in [1.807, 2.05) is 18.2 Å². The maximum absolute atomic E-state index is 5.84. The number of nitrogens with zero attached hydrogens (tertiary/aromatic N) is 1. The highest BCUT2D eigenvalue weighted by molar-refractivity contribution is 5.82. The van der Waals surface area contributed by atoms with Crippen LogP contribution in [-0.4, -0.2) is 6.02 Å². The molecule has 0 saturated heterocycles. The molecule has 3 heteroatoms. The van der Waals surface area contributed by atoms with Gasteiger partial charge >= 0.3 is 0 Å². The molecule has 21 heavy (non-hydrogen) atoms. The van der Waals surface area contributed by atoms with Crippen LogP contribution in [0.3, 0.4) is 0 Å². The maximum Gasteiger partial charge on any atom is 0.288 e. The van der Waals surface area contributed by atoms with Gasteiger partial charge in [0.1, 0.15) is 11.8 Å². The number of aryl methyl sites for hydroxylation is 2. The Bertz CT molecular complexity index is 697. The summed E-state index contributed by atoms with van der Waals surface area (Å²) in [4.78, 5) is 4.37. The van der Waals surface area contributed by atoms with E-state index in [1.165, 1.54) is 11.1 Å². The van der Waals surface area contributed by atoms with Gasteiger partial charge in [0, 0.05) is 5.56 Å². The summed E-state index contributed by atoms with van der Waals surface area (Å²) in [6.45, 7) is 4.13. The van der Waals surface area contributed by atoms with Crippen molar-refractivity contribution in [1.29, 1.82) is 0 Å². The Labute approximate surface area is 124 Å². The van der Waals surface area contributed by atoms with Crippen molar-refractivity contribution < 1.29 is 4.74 Å². The number of aliphatic imine (C=N–C) groups is 1. The fraction of sp³-hybridized carbons (Fsp3) is 0.167. The van der Waals surface area contributed by atoms with Gasteiger partial charge in [0.05, 0.1) is 0 Å². The Hall–Kier alpha value is -2.55. The van der Waals surface area contributed by atoms with Gasteiger partial charge in [-0.1, -0.05) is 59.7 Å². The molecule has 1 aliphatic rings. The number of hydrogen-bond acceptors (Lipinski definition) is 3. The van der Waals surface area contributed by atoms with Crippen molar-refractivity contribution in [2.75, 3.05) is 0 Å². The molecule has 0 aliphatic carbocycles. The molecule has 1 atom stereocenters. The summed E-state index contributed by atoms with van der Waals surface area (Å²) < 4.78 is 5.58. The number of amidine groups is 1. The molecular formula is C18H18N2O. The third-order valence-electron chi connectivity index (χ3n) is 3.55. The first-order chi connectivity index (χ1) is 10.1. The first-order valence-corrected chi connectivity index (χ1v) is 6.98. The molecule has 0 spiro atoms. The molecule has 2 aromatic carbocycles. The first-order valence-electron chi connectivity index (χ1n) is 6.98. The number of benzene rings is 2. The summed E-state index contributed by atoms with van der Waals surface area (Å²) in [6.07, 6.45) is 2.01. The highest BCUT2D eigenvalue weighted by Crippen LogP contribution is 2.29. The molecule has 0 saturated carbocycles. The molecule has 0 aromatic heterocycles. The van der Waals surface area contributed by atoms with Crippen LogP contribution >= 0.6 is 0 Å². The molecule has 1 unspecified atom stereocenters. The van der Waals surface area contributed by atoms with Gasteiger partial charge in [-0.3, -0.25) is 0 Å². The summed E-state index contributed by atoms with van der Waals surface area (Å²) in [6, 6.07) is 16.6. The van der Waals surface area contributed by atoms with Crippen molar-refractivity contribution >= 4 is 11.8 Å². The van der Waals surface area contributed by atoms with Crippen LogP contribution in [0, 0.1) is 13.8 Å². The van der Waals surface area contributed by atoms with Crippen molar-refractivity contribution in [3.05, 3.63) is 76.9 Å². The fourth-order valence-corrected chi connectivity index (χ4v) is 2.30. The van der Waals surface area contributed by atoms with Gasteiger partial charge in [-0.05, 0) is 25.5 Å². The third kappa shape index (κ3) is 2.97. The van der Waals surface area contributed by atoms with Crippen LogP contribution < -0.4 is 5.73 Å². The summed E-state index contributed by atoms with van der Waals surface area (Å²) in [5.74, 6) is 0.757. The van der Waals surface area contributed by atoms with Crippen LogP contribution in [0.25, 0.3) is 5.76 Å². The molecule has 0 fully saturated rings. The molecule has 2 aromatic rings. The van der Waals surface area contributed by atoms with Crippen LogP contribution in [0.4, 0.5) is 0 Å². The zero-order valence-electron chi connectivity index (χ0n) is 12.2. The van der Waals surface area contributed by atoms with Crippen molar-refractivity contribution in [2.45, 2.75) is 19.9 Å². The second kappa shape index (κ2) is 5.44. The molecule has 3 nitrogen and oxygen atoms in total. The quantitative estimate of drug-likeness (QED) is 0.909. The average Bonchev–Trinajstić information content (AvgIpc) is 2.48. The van der Waals surface area contributed by atoms with Crippen LogP contribution in [-0.2, 0) is 4.74 Å². The Morgan fingerprint density at radius 1 is 0.905 bits per heavy atom. The molecule has 2 N–H and O–H groups in total. The van der Waals surface area contributed by atoms with Gasteiger partial charge in [0.2, 0.25) is 0 Å². The van der Waals surface area contributed by atoms with Crippen LogP contribution in [0.1, 0.15) is 28.3 Å². The molecule has 0 bridgehead atoms. The van der Waals surface area contributed by atoms with Crippen LogP contribution in [0.15, 0.2) is 59.6 Å². The minimum Gasteiger partial charge on any atom is -0.426 e. The van der Waals surface area contributed by atoms with Gasteiger partial charge in [-0.25, -0.2) is 4.99 Å². The van der Waals surface area contributed by atoms with E-state index in [2.05, 4.69) is 55.2 Å². The molecular weight excluding hydrogens is 260 g/mol. The van der Waals surface area contributed by atoms with Crippen molar-refractivity contribution in [3.8, 4) is 0 Å². The van der Waals surface area contributed by atoms with E-state index >= 15 is 0 Å². The van der Waals surface area contributed by atoms with E-state index in [-0.39, 0.29) is 12.1 Å².